The van der Waals surface area contributed by atoms with Crippen molar-refractivity contribution in [3.8, 4) is 0 Å². The topological polar surface area (TPSA) is 20.3 Å². The van der Waals surface area contributed by atoms with Gasteiger partial charge in [-0.1, -0.05) is 13.8 Å². The fraction of sp³-hybridized carbons (Fsp3) is 0.500. The lowest BCUT2D eigenvalue weighted by Crippen LogP contribution is -2.43. The van der Waals surface area contributed by atoms with E-state index in [9.17, 15) is 18.0 Å². The maximum atomic E-state index is 13.1. The smallest absolute Gasteiger partial charge is 0.254 e. The lowest BCUT2D eigenvalue weighted by molar-refractivity contribution is 0.0582. The summed E-state index contributed by atoms with van der Waals surface area (Å²) in [7, 11) is 0. The van der Waals surface area contributed by atoms with Crippen molar-refractivity contribution in [2.24, 2.45) is 5.41 Å². The fourth-order valence-corrected chi connectivity index (χ4v) is 2.46. The van der Waals surface area contributed by atoms with Crippen LogP contribution in [0.2, 0.25) is 0 Å². The molecule has 0 atom stereocenters. The number of halogens is 3. The molecular formula is C14H16F3NO. The largest absolute Gasteiger partial charge is 0.338 e. The molecule has 2 rings (SSSR count). The molecule has 1 aliphatic rings. The molecule has 0 aromatic heterocycles. The van der Waals surface area contributed by atoms with E-state index in [2.05, 4.69) is 0 Å². The molecule has 0 saturated carbocycles. The number of nitrogens with zero attached hydrogens (tertiary/aromatic N) is 1. The van der Waals surface area contributed by atoms with Gasteiger partial charge in [-0.25, -0.2) is 13.2 Å². The Morgan fingerprint density at radius 1 is 1.21 bits per heavy atom. The Morgan fingerprint density at radius 3 is 2.32 bits per heavy atom. The number of rotatable bonds is 1. The summed E-state index contributed by atoms with van der Waals surface area (Å²) in [6.07, 6.45) is 1.85. The minimum atomic E-state index is -1.55. The first-order valence-electron chi connectivity index (χ1n) is 6.24. The summed E-state index contributed by atoms with van der Waals surface area (Å²) >= 11 is 0. The highest BCUT2D eigenvalue weighted by atomic mass is 19.2. The standard InChI is InChI=1S/C14H16F3NO/c1-14(2)4-3-5-18(8-14)13(19)9-6-10(15)12(17)11(16)7-9/h6-7H,3-5,8H2,1-2H3. The van der Waals surface area contributed by atoms with E-state index in [1.807, 2.05) is 13.8 Å². The summed E-state index contributed by atoms with van der Waals surface area (Å²) in [5, 5.41) is 0. The van der Waals surface area contributed by atoms with Gasteiger partial charge >= 0.3 is 0 Å². The molecule has 0 radical (unpaired) electrons. The van der Waals surface area contributed by atoms with Gasteiger partial charge < -0.3 is 4.90 Å². The maximum Gasteiger partial charge on any atom is 0.254 e. The predicted molar refractivity (Wildman–Crippen MR) is 65.2 cm³/mol. The van der Waals surface area contributed by atoms with Gasteiger partial charge in [0, 0.05) is 18.7 Å². The van der Waals surface area contributed by atoms with Gasteiger partial charge in [-0.05, 0) is 30.4 Å². The molecule has 1 fully saturated rings. The lowest BCUT2D eigenvalue weighted by Gasteiger charge is -2.38. The fourth-order valence-electron chi connectivity index (χ4n) is 2.46. The van der Waals surface area contributed by atoms with Gasteiger partial charge in [-0.2, -0.15) is 0 Å². The number of likely N-dealkylation sites (tertiary alicyclic amines) is 1. The molecule has 1 heterocycles. The lowest BCUT2D eigenvalue weighted by atomic mass is 9.84. The summed E-state index contributed by atoms with van der Waals surface area (Å²) in [4.78, 5) is 13.7. The first kappa shape index (κ1) is 13.9. The Morgan fingerprint density at radius 2 is 1.79 bits per heavy atom. The van der Waals surface area contributed by atoms with Crippen molar-refractivity contribution in [3.63, 3.8) is 0 Å². The molecule has 2 nitrogen and oxygen atoms in total. The third-order valence-corrected chi connectivity index (χ3v) is 3.42. The zero-order valence-corrected chi connectivity index (χ0v) is 11.0. The van der Waals surface area contributed by atoms with Crippen molar-refractivity contribution in [2.75, 3.05) is 13.1 Å². The second-order valence-electron chi connectivity index (χ2n) is 5.75. The van der Waals surface area contributed by atoms with Gasteiger partial charge in [-0.15, -0.1) is 0 Å². The number of piperidine rings is 1. The molecule has 19 heavy (non-hydrogen) atoms. The van der Waals surface area contributed by atoms with Gasteiger partial charge in [0.05, 0.1) is 0 Å². The Bertz CT molecular complexity index is 490. The van der Waals surface area contributed by atoms with Crippen molar-refractivity contribution >= 4 is 5.91 Å². The zero-order chi connectivity index (χ0) is 14.2. The minimum Gasteiger partial charge on any atom is -0.338 e. The van der Waals surface area contributed by atoms with Crippen LogP contribution in [0.1, 0.15) is 37.0 Å². The number of hydrogen-bond acceptors (Lipinski definition) is 1. The Labute approximate surface area is 110 Å². The number of amides is 1. The van der Waals surface area contributed by atoms with Crippen molar-refractivity contribution in [2.45, 2.75) is 26.7 Å². The molecule has 0 aliphatic carbocycles. The van der Waals surface area contributed by atoms with Crippen LogP contribution < -0.4 is 0 Å². The van der Waals surface area contributed by atoms with Crippen LogP contribution in [-0.2, 0) is 0 Å². The highest BCUT2D eigenvalue weighted by molar-refractivity contribution is 5.94. The average Bonchev–Trinajstić information content (AvgIpc) is 2.33. The van der Waals surface area contributed by atoms with Crippen LogP contribution in [0.15, 0.2) is 12.1 Å². The average molecular weight is 271 g/mol. The monoisotopic (exact) mass is 271 g/mol. The van der Waals surface area contributed by atoms with Gasteiger partial charge in [0.2, 0.25) is 0 Å². The van der Waals surface area contributed by atoms with E-state index >= 15 is 0 Å². The van der Waals surface area contributed by atoms with E-state index in [1.54, 1.807) is 4.90 Å². The third kappa shape index (κ3) is 2.91. The first-order chi connectivity index (χ1) is 8.80. The third-order valence-electron chi connectivity index (χ3n) is 3.42. The molecule has 1 aliphatic heterocycles. The highest BCUT2D eigenvalue weighted by Gasteiger charge is 2.30. The number of benzene rings is 1. The summed E-state index contributed by atoms with van der Waals surface area (Å²) in [6, 6.07) is 1.50. The molecule has 104 valence electrons. The highest BCUT2D eigenvalue weighted by Crippen LogP contribution is 2.29. The van der Waals surface area contributed by atoms with Crippen molar-refractivity contribution in [3.05, 3.63) is 35.1 Å². The van der Waals surface area contributed by atoms with E-state index in [1.165, 1.54) is 0 Å². The normalized spacial score (nSPS) is 18.5. The van der Waals surface area contributed by atoms with Crippen LogP contribution in [0.5, 0.6) is 0 Å². The van der Waals surface area contributed by atoms with E-state index in [0.717, 1.165) is 25.0 Å². The quantitative estimate of drug-likeness (QED) is 0.717. The predicted octanol–water partition coefficient (Wildman–Crippen LogP) is 3.37. The number of hydrogen-bond donors (Lipinski definition) is 0. The molecule has 0 spiro atoms. The molecule has 1 amide bonds. The van der Waals surface area contributed by atoms with Gasteiger partial charge in [0.15, 0.2) is 17.5 Å². The number of carbonyl (C=O) groups is 1. The second kappa shape index (κ2) is 4.87. The molecule has 1 aromatic rings. The number of carbonyl (C=O) groups excluding carboxylic acids is 1. The zero-order valence-electron chi connectivity index (χ0n) is 11.0. The molecule has 1 aromatic carbocycles. The van der Waals surface area contributed by atoms with Gasteiger partial charge in [0.1, 0.15) is 0 Å². The molecule has 0 unspecified atom stereocenters. The molecule has 0 N–H and O–H groups in total. The van der Waals surface area contributed by atoms with Gasteiger partial charge in [-0.3, -0.25) is 4.79 Å². The molecule has 0 bridgehead atoms. The van der Waals surface area contributed by atoms with Crippen LogP contribution in [-0.4, -0.2) is 23.9 Å². The van der Waals surface area contributed by atoms with Crippen LogP contribution >= 0.6 is 0 Å². The van der Waals surface area contributed by atoms with Crippen LogP contribution in [0.4, 0.5) is 13.2 Å². The Kier molecular flexibility index (Phi) is 3.56. The second-order valence-corrected chi connectivity index (χ2v) is 5.75. The van der Waals surface area contributed by atoms with Crippen LogP contribution in [0, 0.1) is 22.9 Å². The minimum absolute atomic E-state index is 0.00890. The molecule has 1 saturated heterocycles. The van der Waals surface area contributed by atoms with Crippen molar-refractivity contribution < 1.29 is 18.0 Å². The summed E-state index contributed by atoms with van der Waals surface area (Å²) in [6.45, 7) is 5.17. The van der Waals surface area contributed by atoms with Crippen molar-refractivity contribution in [1.82, 2.24) is 4.90 Å². The van der Waals surface area contributed by atoms with Crippen LogP contribution in [0.3, 0.4) is 0 Å². The van der Waals surface area contributed by atoms with E-state index in [0.29, 0.717) is 13.1 Å². The van der Waals surface area contributed by atoms with Crippen LogP contribution in [0.25, 0.3) is 0 Å². The Balaban J connectivity index is 2.25. The summed E-state index contributed by atoms with van der Waals surface area (Å²) < 4.78 is 39.1. The van der Waals surface area contributed by atoms with Crippen molar-refractivity contribution in [1.29, 1.82) is 0 Å². The van der Waals surface area contributed by atoms with E-state index < -0.39 is 23.4 Å². The van der Waals surface area contributed by atoms with E-state index in [-0.39, 0.29) is 11.0 Å². The summed E-state index contributed by atoms with van der Waals surface area (Å²) in [5.74, 6) is -4.67. The van der Waals surface area contributed by atoms with E-state index in [4.69, 9.17) is 0 Å². The SMILES string of the molecule is CC1(C)CCCN(C(=O)c2cc(F)c(F)c(F)c2)C1. The molecule has 5 heteroatoms. The van der Waals surface area contributed by atoms with Gasteiger partial charge in [0.25, 0.3) is 5.91 Å². The summed E-state index contributed by atoms with van der Waals surface area (Å²) in [5.41, 5.74) is -0.153. The molecular weight excluding hydrogens is 255 g/mol. The first-order valence-corrected chi connectivity index (χ1v) is 6.24. The Hall–Kier alpha value is -1.52. The maximum absolute atomic E-state index is 13.1.